The highest BCUT2D eigenvalue weighted by Gasteiger charge is 2.24. The van der Waals surface area contributed by atoms with Gasteiger partial charge in [-0.15, -0.1) is 0 Å². The summed E-state index contributed by atoms with van der Waals surface area (Å²) in [6, 6.07) is 0.536. The van der Waals surface area contributed by atoms with E-state index < -0.39 is 0 Å². The predicted molar refractivity (Wildman–Crippen MR) is 84.4 cm³/mol. The first-order valence-electron chi connectivity index (χ1n) is 8.53. The maximum absolute atomic E-state index is 5.63. The summed E-state index contributed by atoms with van der Waals surface area (Å²) in [6.45, 7) is 10.3. The van der Waals surface area contributed by atoms with Crippen molar-refractivity contribution >= 4 is 0 Å². The van der Waals surface area contributed by atoms with Crippen molar-refractivity contribution < 1.29 is 0 Å². The minimum Gasteiger partial charge on any atom is -0.328 e. The molecule has 3 fully saturated rings. The largest absolute Gasteiger partial charge is 0.328 e. The number of nitrogens with one attached hydrogen (secondary N) is 1. The minimum absolute atomic E-state index is 0.536. The monoisotopic (exact) mass is 269 g/mol. The molecule has 3 N–H and O–H groups in total. The van der Waals surface area contributed by atoms with Crippen LogP contribution in [0.15, 0.2) is 0 Å². The number of hydrogen-bond donors (Lipinski definition) is 2. The fourth-order valence-corrected chi connectivity index (χ4v) is 2.69. The second-order valence-corrected chi connectivity index (χ2v) is 5.89. The molecular formula is C16H35N3. The van der Waals surface area contributed by atoms with Crippen LogP contribution in [-0.4, -0.2) is 43.7 Å². The van der Waals surface area contributed by atoms with Gasteiger partial charge in [0.05, 0.1) is 0 Å². The SMILES string of the molecule is C1CN(CC2CC2)CCN1.CC.NC1CCCCC1. The standard InChI is InChI=1S/C8H16N2.C6H13N.C2H6/c1-2-8(1)7-10-5-3-9-4-6-10;7-6-4-2-1-3-5-6;1-2/h8-9H,1-7H2;6H,1-5,7H2;1-2H3. The van der Waals surface area contributed by atoms with Gasteiger partial charge in [-0.2, -0.15) is 0 Å². The van der Waals surface area contributed by atoms with E-state index >= 15 is 0 Å². The Kier molecular flexibility index (Phi) is 9.48. The fourth-order valence-electron chi connectivity index (χ4n) is 2.69. The molecular weight excluding hydrogens is 234 g/mol. The molecule has 1 saturated heterocycles. The molecule has 3 nitrogen and oxygen atoms in total. The Balaban J connectivity index is 0.000000177. The third-order valence-electron chi connectivity index (χ3n) is 4.07. The van der Waals surface area contributed by atoms with Gasteiger partial charge in [0.1, 0.15) is 0 Å². The van der Waals surface area contributed by atoms with E-state index in [0.717, 1.165) is 5.92 Å². The highest BCUT2D eigenvalue weighted by molar-refractivity contribution is 4.79. The van der Waals surface area contributed by atoms with E-state index in [2.05, 4.69) is 10.2 Å². The van der Waals surface area contributed by atoms with Crippen molar-refractivity contribution in [1.82, 2.24) is 10.2 Å². The highest BCUT2D eigenvalue weighted by Crippen LogP contribution is 2.29. The van der Waals surface area contributed by atoms with Crippen LogP contribution in [0.5, 0.6) is 0 Å². The van der Waals surface area contributed by atoms with Gasteiger partial charge in [0.25, 0.3) is 0 Å². The Morgan fingerprint density at radius 1 is 0.947 bits per heavy atom. The molecule has 114 valence electrons. The third-order valence-corrected chi connectivity index (χ3v) is 4.07. The average Bonchev–Trinajstić information content (AvgIpc) is 3.28. The van der Waals surface area contributed by atoms with Gasteiger partial charge in [0.2, 0.25) is 0 Å². The van der Waals surface area contributed by atoms with E-state index in [0.29, 0.717) is 6.04 Å². The topological polar surface area (TPSA) is 41.3 Å². The first-order chi connectivity index (χ1) is 9.34. The molecule has 0 atom stereocenters. The van der Waals surface area contributed by atoms with E-state index in [1.165, 1.54) is 77.7 Å². The molecule has 3 heteroatoms. The molecule has 0 aromatic heterocycles. The Morgan fingerprint density at radius 3 is 1.95 bits per heavy atom. The number of nitrogens with two attached hydrogens (primary N) is 1. The molecule has 1 aliphatic heterocycles. The molecule has 3 rings (SSSR count). The second kappa shape index (κ2) is 10.6. The molecule has 2 saturated carbocycles. The lowest BCUT2D eigenvalue weighted by molar-refractivity contribution is 0.232. The molecule has 0 unspecified atom stereocenters. The van der Waals surface area contributed by atoms with Gasteiger partial charge in [-0.3, -0.25) is 0 Å². The molecule has 19 heavy (non-hydrogen) atoms. The Labute approximate surface area is 120 Å². The summed E-state index contributed by atoms with van der Waals surface area (Å²) in [5.41, 5.74) is 5.63. The summed E-state index contributed by atoms with van der Waals surface area (Å²) < 4.78 is 0. The maximum Gasteiger partial charge on any atom is 0.0107 e. The van der Waals surface area contributed by atoms with Crippen LogP contribution >= 0.6 is 0 Å². The van der Waals surface area contributed by atoms with Crippen LogP contribution in [0.2, 0.25) is 0 Å². The van der Waals surface area contributed by atoms with Crippen molar-refractivity contribution in [3.8, 4) is 0 Å². The van der Waals surface area contributed by atoms with E-state index in [1.54, 1.807) is 0 Å². The molecule has 0 aromatic carbocycles. The molecule has 0 aromatic rings. The van der Waals surface area contributed by atoms with Crippen LogP contribution in [0.4, 0.5) is 0 Å². The molecule has 0 spiro atoms. The van der Waals surface area contributed by atoms with Gasteiger partial charge in [-0.1, -0.05) is 33.1 Å². The zero-order valence-electron chi connectivity index (χ0n) is 13.2. The van der Waals surface area contributed by atoms with E-state index in [4.69, 9.17) is 5.73 Å². The van der Waals surface area contributed by atoms with Gasteiger partial charge < -0.3 is 16.0 Å². The van der Waals surface area contributed by atoms with Gasteiger partial charge in [-0.25, -0.2) is 0 Å². The van der Waals surface area contributed by atoms with Crippen LogP contribution in [-0.2, 0) is 0 Å². The molecule has 1 heterocycles. The molecule has 0 bridgehead atoms. The Bertz CT molecular complexity index is 192. The van der Waals surface area contributed by atoms with Gasteiger partial charge in [0, 0.05) is 38.8 Å². The number of hydrogen-bond acceptors (Lipinski definition) is 3. The Hall–Kier alpha value is -0.120. The van der Waals surface area contributed by atoms with Crippen LogP contribution in [0.3, 0.4) is 0 Å². The third kappa shape index (κ3) is 8.61. The normalized spacial score (nSPS) is 24.8. The summed E-state index contributed by atoms with van der Waals surface area (Å²) in [6.07, 6.45) is 9.64. The molecule has 2 aliphatic carbocycles. The van der Waals surface area contributed by atoms with Gasteiger partial charge in [0.15, 0.2) is 0 Å². The minimum atomic E-state index is 0.536. The lowest BCUT2D eigenvalue weighted by Crippen LogP contribution is -2.44. The number of piperazine rings is 1. The molecule has 3 aliphatic rings. The first kappa shape index (κ1) is 16.9. The van der Waals surface area contributed by atoms with E-state index in [1.807, 2.05) is 13.8 Å². The van der Waals surface area contributed by atoms with Crippen molar-refractivity contribution in [2.45, 2.75) is 64.8 Å². The van der Waals surface area contributed by atoms with E-state index in [9.17, 15) is 0 Å². The quantitative estimate of drug-likeness (QED) is 0.809. The van der Waals surface area contributed by atoms with Crippen molar-refractivity contribution in [2.75, 3.05) is 32.7 Å². The van der Waals surface area contributed by atoms with Gasteiger partial charge >= 0.3 is 0 Å². The summed E-state index contributed by atoms with van der Waals surface area (Å²) in [5.74, 6) is 1.07. The van der Waals surface area contributed by atoms with Crippen LogP contribution in [0, 0.1) is 5.92 Å². The highest BCUT2D eigenvalue weighted by atomic mass is 15.2. The first-order valence-corrected chi connectivity index (χ1v) is 8.53. The van der Waals surface area contributed by atoms with Crippen molar-refractivity contribution in [3.05, 3.63) is 0 Å². The van der Waals surface area contributed by atoms with Crippen LogP contribution in [0.1, 0.15) is 58.8 Å². The lowest BCUT2D eigenvalue weighted by atomic mass is 9.97. The number of rotatable bonds is 2. The molecule has 0 amide bonds. The zero-order chi connectivity index (χ0) is 13.9. The smallest absolute Gasteiger partial charge is 0.0107 e. The fraction of sp³-hybridized carbons (Fsp3) is 1.00. The summed E-state index contributed by atoms with van der Waals surface area (Å²) >= 11 is 0. The Morgan fingerprint density at radius 2 is 1.53 bits per heavy atom. The van der Waals surface area contributed by atoms with Crippen molar-refractivity contribution in [1.29, 1.82) is 0 Å². The lowest BCUT2D eigenvalue weighted by Gasteiger charge is -2.26. The average molecular weight is 269 g/mol. The predicted octanol–water partition coefficient (Wildman–Crippen LogP) is 2.61. The van der Waals surface area contributed by atoms with Crippen LogP contribution < -0.4 is 11.1 Å². The summed E-state index contributed by atoms with van der Waals surface area (Å²) in [5, 5.41) is 3.37. The van der Waals surface area contributed by atoms with Crippen LogP contribution in [0.25, 0.3) is 0 Å². The summed E-state index contributed by atoms with van der Waals surface area (Å²) in [7, 11) is 0. The van der Waals surface area contributed by atoms with Crippen molar-refractivity contribution in [2.24, 2.45) is 11.7 Å². The zero-order valence-corrected chi connectivity index (χ0v) is 13.2. The maximum atomic E-state index is 5.63. The van der Waals surface area contributed by atoms with Gasteiger partial charge in [-0.05, 0) is 31.6 Å². The van der Waals surface area contributed by atoms with Crippen molar-refractivity contribution in [3.63, 3.8) is 0 Å². The number of nitrogens with zero attached hydrogens (tertiary/aromatic N) is 1. The summed E-state index contributed by atoms with van der Waals surface area (Å²) in [4.78, 5) is 2.59. The molecule has 0 radical (unpaired) electrons. The van der Waals surface area contributed by atoms with E-state index in [-0.39, 0.29) is 0 Å². The second-order valence-electron chi connectivity index (χ2n) is 5.89.